The number of nitrogens with one attached hydrogen (secondary N) is 1. The van der Waals surface area contributed by atoms with Gasteiger partial charge in [0.2, 0.25) is 0 Å². The van der Waals surface area contributed by atoms with Crippen LogP contribution in [0, 0.1) is 5.92 Å². The number of rotatable bonds is 1. The molecule has 1 saturated carbocycles. The molecule has 0 aromatic heterocycles. The van der Waals surface area contributed by atoms with E-state index in [9.17, 15) is 5.11 Å². The molecule has 1 saturated heterocycles. The SMILES string of the molecule is O[C@@]12CCCC[C@@H]1[C@@H](c1ccc(Cl)cc1Cl)NCC2. The Hall–Kier alpha value is -0.280. The summed E-state index contributed by atoms with van der Waals surface area (Å²) in [6.07, 6.45) is 5.15. The molecule has 2 nitrogen and oxygen atoms in total. The molecule has 2 N–H and O–H groups in total. The van der Waals surface area contributed by atoms with E-state index in [0.29, 0.717) is 10.0 Å². The smallest absolute Gasteiger partial charge is 0.0706 e. The number of fused-ring (bicyclic) bond motifs is 1. The van der Waals surface area contributed by atoms with Gasteiger partial charge in [-0.1, -0.05) is 42.1 Å². The van der Waals surface area contributed by atoms with Gasteiger partial charge in [-0.05, 0) is 43.5 Å². The lowest BCUT2D eigenvalue weighted by Gasteiger charge is -2.48. The van der Waals surface area contributed by atoms with E-state index in [1.165, 1.54) is 6.42 Å². The Labute approximate surface area is 124 Å². The third kappa shape index (κ3) is 2.52. The van der Waals surface area contributed by atoms with E-state index in [0.717, 1.165) is 37.8 Å². The third-order valence-corrected chi connectivity index (χ3v) is 5.25. The fraction of sp³-hybridized carbons (Fsp3) is 0.600. The third-order valence-electron chi connectivity index (χ3n) is 4.69. The van der Waals surface area contributed by atoms with E-state index in [1.807, 2.05) is 12.1 Å². The Morgan fingerprint density at radius 2 is 2.05 bits per heavy atom. The highest BCUT2D eigenvalue weighted by Crippen LogP contribution is 2.46. The first kappa shape index (κ1) is 13.7. The predicted octanol–water partition coefficient (Wildman–Crippen LogP) is 3.95. The predicted molar refractivity (Wildman–Crippen MR) is 78.7 cm³/mol. The van der Waals surface area contributed by atoms with Gasteiger partial charge in [-0.3, -0.25) is 0 Å². The van der Waals surface area contributed by atoms with Gasteiger partial charge in [-0.2, -0.15) is 0 Å². The molecule has 2 aliphatic rings. The van der Waals surface area contributed by atoms with Crippen LogP contribution in [0.25, 0.3) is 0 Å². The quantitative estimate of drug-likeness (QED) is 0.823. The Kier molecular flexibility index (Phi) is 3.78. The second-order valence-electron chi connectivity index (χ2n) is 5.80. The lowest BCUT2D eigenvalue weighted by atomic mass is 9.67. The van der Waals surface area contributed by atoms with Gasteiger partial charge in [0.1, 0.15) is 0 Å². The number of piperidine rings is 1. The molecule has 1 aliphatic heterocycles. The second kappa shape index (κ2) is 5.25. The summed E-state index contributed by atoms with van der Waals surface area (Å²) in [5.41, 5.74) is 0.549. The van der Waals surface area contributed by atoms with Crippen LogP contribution < -0.4 is 5.32 Å². The van der Waals surface area contributed by atoms with Crippen molar-refractivity contribution in [1.82, 2.24) is 5.32 Å². The monoisotopic (exact) mass is 299 g/mol. The van der Waals surface area contributed by atoms with Gasteiger partial charge < -0.3 is 10.4 Å². The summed E-state index contributed by atoms with van der Waals surface area (Å²) in [5, 5.41) is 15.7. The minimum absolute atomic E-state index is 0.142. The van der Waals surface area contributed by atoms with Crippen molar-refractivity contribution in [3.05, 3.63) is 33.8 Å². The van der Waals surface area contributed by atoms with E-state index in [2.05, 4.69) is 5.32 Å². The first-order valence-corrected chi connectivity index (χ1v) is 7.76. The Morgan fingerprint density at radius 3 is 2.84 bits per heavy atom. The number of hydrogen-bond donors (Lipinski definition) is 2. The van der Waals surface area contributed by atoms with Crippen LogP contribution >= 0.6 is 23.2 Å². The molecule has 3 atom stereocenters. The average Bonchev–Trinajstić information content (AvgIpc) is 2.37. The zero-order chi connectivity index (χ0) is 13.5. The average molecular weight is 300 g/mol. The highest BCUT2D eigenvalue weighted by atomic mass is 35.5. The maximum Gasteiger partial charge on any atom is 0.0706 e. The normalized spacial score (nSPS) is 34.9. The van der Waals surface area contributed by atoms with E-state index < -0.39 is 5.60 Å². The molecule has 0 unspecified atom stereocenters. The molecular formula is C15H19Cl2NO. The minimum Gasteiger partial charge on any atom is -0.389 e. The molecule has 19 heavy (non-hydrogen) atoms. The van der Waals surface area contributed by atoms with E-state index >= 15 is 0 Å². The van der Waals surface area contributed by atoms with Crippen molar-refractivity contribution in [2.24, 2.45) is 5.92 Å². The van der Waals surface area contributed by atoms with Crippen molar-refractivity contribution in [3.63, 3.8) is 0 Å². The van der Waals surface area contributed by atoms with Crippen LogP contribution in [0.1, 0.15) is 43.7 Å². The number of hydrogen-bond acceptors (Lipinski definition) is 2. The standard InChI is InChI=1S/C15H19Cl2NO/c16-10-4-5-11(13(17)9-10)14-12-3-1-2-6-15(12,19)7-8-18-14/h4-5,9,12,14,18-19H,1-3,6-8H2/t12-,14-,15-/m1/s1. The molecule has 0 radical (unpaired) electrons. The highest BCUT2D eigenvalue weighted by Gasteiger charge is 2.46. The van der Waals surface area contributed by atoms with Gasteiger partial charge in [0.05, 0.1) is 5.60 Å². The largest absolute Gasteiger partial charge is 0.389 e. The Bertz CT molecular complexity index is 475. The van der Waals surface area contributed by atoms with Gasteiger partial charge in [0, 0.05) is 22.0 Å². The lowest BCUT2D eigenvalue weighted by molar-refractivity contribution is -0.0861. The van der Waals surface area contributed by atoms with Crippen molar-refractivity contribution in [2.75, 3.05) is 6.54 Å². The number of benzene rings is 1. The summed E-state index contributed by atoms with van der Waals surface area (Å²) in [4.78, 5) is 0. The van der Waals surface area contributed by atoms with Crippen LogP contribution in [0.4, 0.5) is 0 Å². The fourth-order valence-corrected chi connectivity index (χ4v) is 4.23. The minimum atomic E-state index is -0.517. The molecule has 0 amide bonds. The highest BCUT2D eigenvalue weighted by molar-refractivity contribution is 6.35. The maximum atomic E-state index is 10.9. The number of aliphatic hydroxyl groups is 1. The molecule has 2 fully saturated rings. The summed E-state index contributed by atoms with van der Waals surface area (Å²) in [5.74, 6) is 0.258. The van der Waals surface area contributed by atoms with Crippen molar-refractivity contribution < 1.29 is 5.11 Å². The van der Waals surface area contributed by atoms with Crippen molar-refractivity contribution >= 4 is 23.2 Å². The van der Waals surface area contributed by atoms with E-state index in [1.54, 1.807) is 6.07 Å². The van der Waals surface area contributed by atoms with Gasteiger partial charge in [0.25, 0.3) is 0 Å². The van der Waals surface area contributed by atoms with Crippen LogP contribution in [0.2, 0.25) is 10.0 Å². The van der Waals surface area contributed by atoms with Crippen molar-refractivity contribution in [3.8, 4) is 0 Å². The van der Waals surface area contributed by atoms with Crippen LogP contribution in [-0.2, 0) is 0 Å². The second-order valence-corrected chi connectivity index (χ2v) is 6.65. The zero-order valence-corrected chi connectivity index (χ0v) is 12.3. The zero-order valence-electron chi connectivity index (χ0n) is 10.8. The van der Waals surface area contributed by atoms with Crippen molar-refractivity contribution in [1.29, 1.82) is 0 Å². The molecule has 3 rings (SSSR count). The van der Waals surface area contributed by atoms with E-state index in [-0.39, 0.29) is 12.0 Å². The lowest BCUT2D eigenvalue weighted by Crippen LogP contribution is -2.53. The Balaban J connectivity index is 1.94. The molecule has 104 valence electrons. The van der Waals surface area contributed by atoms with Gasteiger partial charge in [-0.25, -0.2) is 0 Å². The first-order valence-electron chi connectivity index (χ1n) is 7.01. The number of halogens is 2. The van der Waals surface area contributed by atoms with Crippen LogP contribution in [0.5, 0.6) is 0 Å². The van der Waals surface area contributed by atoms with Crippen LogP contribution in [-0.4, -0.2) is 17.3 Å². The van der Waals surface area contributed by atoms with Crippen molar-refractivity contribution in [2.45, 2.75) is 43.7 Å². The molecule has 4 heteroatoms. The molecule has 0 spiro atoms. The van der Waals surface area contributed by atoms with E-state index in [4.69, 9.17) is 23.2 Å². The van der Waals surface area contributed by atoms with Gasteiger partial charge >= 0.3 is 0 Å². The summed E-state index contributed by atoms with van der Waals surface area (Å²) < 4.78 is 0. The molecule has 1 aliphatic carbocycles. The summed E-state index contributed by atoms with van der Waals surface area (Å²) >= 11 is 12.3. The molecule has 1 heterocycles. The van der Waals surface area contributed by atoms with Gasteiger partial charge in [0.15, 0.2) is 0 Å². The summed E-state index contributed by atoms with van der Waals surface area (Å²) in [6.45, 7) is 0.844. The maximum absolute atomic E-state index is 10.9. The molecule has 0 bridgehead atoms. The molecule has 1 aromatic carbocycles. The fourth-order valence-electron chi connectivity index (χ4n) is 3.70. The van der Waals surface area contributed by atoms with Crippen LogP contribution in [0.15, 0.2) is 18.2 Å². The molecular weight excluding hydrogens is 281 g/mol. The summed E-state index contributed by atoms with van der Waals surface area (Å²) in [7, 11) is 0. The summed E-state index contributed by atoms with van der Waals surface area (Å²) in [6, 6.07) is 5.80. The molecule has 1 aromatic rings. The van der Waals surface area contributed by atoms with Gasteiger partial charge in [-0.15, -0.1) is 0 Å². The topological polar surface area (TPSA) is 32.3 Å². The first-order chi connectivity index (χ1) is 9.10. The van der Waals surface area contributed by atoms with Crippen LogP contribution in [0.3, 0.4) is 0 Å². The Morgan fingerprint density at radius 1 is 1.21 bits per heavy atom.